The maximum absolute atomic E-state index is 11.8. The Bertz CT molecular complexity index is 405. The summed E-state index contributed by atoms with van der Waals surface area (Å²) in [5.41, 5.74) is 1.09. The smallest absolute Gasteiger partial charge is 0.308 e. The Morgan fingerprint density at radius 3 is 1.95 bits per heavy atom. The van der Waals surface area contributed by atoms with Gasteiger partial charge in [-0.2, -0.15) is 0 Å². The van der Waals surface area contributed by atoms with Crippen LogP contribution in [0.5, 0.6) is 0 Å². The lowest BCUT2D eigenvalue weighted by molar-refractivity contribution is -0.249. The molecule has 0 aromatic heterocycles. The molecule has 1 rings (SSSR count). The molecule has 0 bridgehead atoms. The van der Waals surface area contributed by atoms with Crippen LogP contribution in [0.4, 0.5) is 0 Å². The standard InChI is InChI=1S/C17H28O4/c1-7-14(18)20-17(21-15(19)8-2)10-9-16(5,6)13(11-17)12(3)4/h13H,3,7-11H2,1-2,4-6H3. The van der Waals surface area contributed by atoms with Crippen LogP contribution in [0.2, 0.25) is 0 Å². The predicted molar refractivity (Wildman–Crippen MR) is 81.4 cm³/mol. The fourth-order valence-corrected chi connectivity index (χ4v) is 2.98. The highest BCUT2D eigenvalue weighted by molar-refractivity contribution is 5.71. The molecule has 120 valence electrons. The average molecular weight is 296 g/mol. The summed E-state index contributed by atoms with van der Waals surface area (Å²) < 4.78 is 11.1. The molecule has 4 heteroatoms. The van der Waals surface area contributed by atoms with E-state index in [1.807, 2.05) is 6.92 Å². The number of ether oxygens (including phenoxy) is 2. The minimum atomic E-state index is -1.13. The van der Waals surface area contributed by atoms with Gasteiger partial charge in [-0.05, 0) is 24.7 Å². The first kappa shape index (κ1) is 17.7. The summed E-state index contributed by atoms with van der Waals surface area (Å²) in [6, 6.07) is 0. The Hall–Kier alpha value is -1.32. The van der Waals surface area contributed by atoms with E-state index in [1.54, 1.807) is 13.8 Å². The Balaban J connectivity index is 3.04. The van der Waals surface area contributed by atoms with Crippen LogP contribution in [0.25, 0.3) is 0 Å². The zero-order chi connectivity index (χ0) is 16.3. The largest absolute Gasteiger partial charge is 0.422 e. The van der Waals surface area contributed by atoms with E-state index in [-0.39, 0.29) is 36.1 Å². The van der Waals surface area contributed by atoms with Gasteiger partial charge in [-0.3, -0.25) is 9.59 Å². The summed E-state index contributed by atoms with van der Waals surface area (Å²) in [6.45, 7) is 13.9. The summed E-state index contributed by atoms with van der Waals surface area (Å²) in [6.07, 6.45) is 2.39. The zero-order valence-electron chi connectivity index (χ0n) is 14.0. The van der Waals surface area contributed by atoms with Crippen LogP contribution in [0, 0.1) is 11.3 Å². The van der Waals surface area contributed by atoms with Crippen molar-refractivity contribution in [2.24, 2.45) is 11.3 Å². The maximum atomic E-state index is 11.8. The molecule has 0 aromatic carbocycles. The molecule has 1 aliphatic carbocycles. The quantitative estimate of drug-likeness (QED) is 0.437. The summed E-state index contributed by atoms with van der Waals surface area (Å²) in [4.78, 5) is 23.5. The van der Waals surface area contributed by atoms with Crippen LogP contribution < -0.4 is 0 Å². The lowest BCUT2D eigenvalue weighted by Crippen LogP contribution is -2.49. The van der Waals surface area contributed by atoms with Crippen molar-refractivity contribution in [3.63, 3.8) is 0 Å². The molecule has 0 radical (unpaired) electrons. The highest BCUT2D eigenvalue weighted by Crippen LogP contribution is 2.49. The minimum absolute atomic E-state index is 0.0621. The monoisotopic (exact) mass is 296 g/mol. The van der Waals surface area contributed by atoms with Crippen molar-refractivity contribution in [1.29, 1.82) is 0 Å². The predicted octanol–water partition coefficient (Wildman–Crippen LogP) is 3.99. The highest BCUT2D eigenvalue weighted by Gasteiger charge is 2.49. The molecule has 1 fully saturated rings. The van der Waals surface area contributed by atoms with Gasteiger partial charge in [0.05, 0.1) is 0 Å². The van der Waals surface area contributed by atoms with E-state index in [9.17, 15) is 9.59 Å². The van der Waals surface area contributed by atoms with Crippen molar-refractivity contribution < 1.29 is 19.1 Å². The molecule has 4 nitrogen and oxygen atoms in total. The molecular formula is C17H28O4. The second kappa shape index (κ2) is 6.63. The van der Waals surface area contributed by atoms with Crippen LogP contribution in [0.3, 0.4) is 0 Å². The number of esters is 2. The van der Waals surface area contributed by atoms with E-state index < -0.39 is 5.79 Å². The molecule has 0 heterocycles. The zero-order valence-corrected chi connectivity index (χ0v) is 14.0. The van der Waals surface area contributed by atoms with E-state index in [2.05, 4.69) is 20.4 Å². The van der Waals surface area contributed by atoms with Crippen molar-refractivity contribution in [2.45, 2.75) is 72.5 Å². The van der Waals surface area contributed by atoms with Gasteiger partial charge in [0.1, 0.15) is 0 Å². The molecule has 1 saturated carbocycles. The fraction of sp³-hybridized carbons (Fsp3) is 0.765. The van der Waals surface area contributed by atoms with Gasteiger partial charge in [0.2, 0.25) is 0 Å². The van der Waals surface area contributed by atoms with Gasteiger partial charge in [-0.1, -0.05) is 39.8 Å². The topological polar surface area (TPSA) is 52.6 Å². The van der Waals surface area contributed by atoms with Crippen LogP contribution in [0.15, 0.2) is 12.2 Å². The van der Waals surface area contributed by atoms with Crippen molar-refractivity contribution in [3.05, 3.63) is 12.2 Å². The Morgan fingerprint density at radius 1 is 1.10 bits per heavy atom. The molecule has 21 heavy (non-hydrogen) atoms. The van der Waals surface area contributed by atoms with E-state index in [1.165, 1.54) is 0 Å². The fourth-order valence-electron chi connectivity index (χ4n) is 2.98. The summed E-state index contributed by atoms with van der Waals surface area (Å²) in [5, 5.41) is 0. The Labute approximate surface area is 127 Å². The molecular weight excluding hydrogens is 268 g/mol. The molecule has 0 aliphatic heterocycles. The van der Waals surface area contributed by atoms with E-state index >= 15 is 0 Å². The van der Waals surface area contributed by atoms with Crippen LogP contribution in [0.1, 0.15) is 66.7 Å². The first-order valence-electron chi connectivity index (χ1n) is 7.75. The van der Waals surface area contributed by atoms with Crippen molar-refractivity contribution >= 4 is 11.9 Å². The second-order valence-corrected chi connectivity index (χ2v) is 6.66. The Morgan fingerprint density at radius 2 is 1.57 bits per heavy atom. The third kappa shape index (κ3) is 4.32. The normalized spacial score (nSPS) is 23.2. The van der Waals surface area contributed by atoms with Crippen LogP contribution >= 0.6 is 0 Å². The number of carbonyl (C=O) groups is 2. The third-order valence-corrected chi connectivity index (χ3v) is 4.38. The average Bonchev–Trinajstić information content (AvgIpc) is 2.41. The van der Waals surface area contributed by atoms with Gasteiger partial charge in [0.25, 0.3) is 5.79 Å². The molecule has 1 atom stereocenters. The van der Waals surface area contributed by atoms with Gasteiger partial charge in [-0.15, -0.1) is 0 Å². The first-order valence-corrected chi connectivity index (χ1v) is 7.75. The lowest BCUT2D eigenvalue weighted by Gasteiger charge is -2.47. The van der Waals surface area contributed by atoms with Gasteiger partial charge >= 0.3 is 11.9 Å². The summed E-state index contributed by atoms with van der Waals surface area (Å²) in [5.74, 6) is -1.64. The highest BCUT2D eigenvalue weighted by atomic mass is 16.7. The first-order chi connectivity index (χ1) is 9.65. The second-order valence-electron chi connectivity index (χ2n) is 6.66. The summed E-state index contributed by atoms with van der Waals surface area (Å²) in [7, 11) is 0. The molecule has 0 amide bonds. The van der Waals surface area contributed by atoms with Crippen molar-refractivity contribution in [2.75, 3.05) is 0 Å². The number of rotatable bonds is 5. The number of hydrogen-bond donors (Lipinski definition) is 0. The van der Waals surface area contributed by atoms with Gasteiger partial charge in [0.15, 0.2) is 0 Å². The molecule has 0 spiro atoms. The summed E-state index contributed by atoms with van der Waals surface area (Å²) >= 11 is 0. The lowest BCUT2D eigenvalue weighted by atomic mass is 9.64. The number of carbonyl (C=O) groups excluding carboxylic acids is 2. The van der Waals surface area contributed by atoms with Gasteiger partial charge in [0, 0.05) is 25.7 Å². The van der Waals surface area contributed by atoms with Crippen LogP contribution in [-0.4, -0.2) is 17.7 Å². The van der Waals surface area contributed by atoms with E-state index in [0.717, 1.165) is 12.0 Å². The molecule has 1 aliphatic rings. The van der Waals surface area contributed by atoms with Crippen molar-refractivity contribution in [3.8, 4) is 0 Å². The third-order valence-electron chi connectivity index (χ3n) is 4.38. The van der Waals surface area contributed by atoms with Gasteiger partial charge in [-0.25, -0.2) is 0 Å². The van der Waals surface area contributed by atoms with E-state index in [0.29, 0.717) is 12.8 Å². The molecule has 1 unspecified atom stereocenters. The van der Waals surface area contributed by atoms with Gasteiger partial charge < -0.3 is 9.47 Å². The van der Waals surface area contributed by atoms with Crippen molar-refractivity contribution in [1.82, 2.24) is 0 Å². The van der Waals surface area contributed by atoms with Crippen LogP contribution in [-0.2, 0) is 19.1 Å². The SMILES string of the molecule is C=C(C)C1CC(OC(=O)CC)(OC(=O)CC)CCC1(C)C. The molecule has 0 saturated heterocycles. The maximum Gasteiger partial charge on any atom is 0.308 e. The molecule has 0 N–H and O–H groups in total. The number of hydrogen-bond acceptors (Lipinski definition) is 4. The Kier molecular flexibility index (Phi) is 5.60. The van der Waals surface area contributed by atoms with E-state index in [4.69, 9.17) is 9.47 Å². The molecule has 0 aromatic rings. The minimum Gasteiger partial charge on any atom is -0.422 e. The number of allylic oxidation sites excluding steroid dienone is 1.